The topological polar surface area (TPSA) is 90.0 Å². The minimum Gasteiger partial charge on any atom is -0.399 e. The van der Waals surface area contributed by atoms with Crippen LogP contribution in [-0.4, -0.2) is 15.5 Å². The monoisotopic (exact) mass is 384 g/mol. The van der Waals surface area contributed by atoms with Crippen molar-refractivity contribution in [2.75, 3.05) is 11.1 Å². The highest BCUT2D eigenvalue weighted by Crippen LogP contribution is 2.11. The predicted octanol–water partition coefficient (Wildman–Crippen LogP) is 1.46. The van der Waals surface area contributed by atoms with Crippen LogP contribution in [0.15, 0.2) is 41.6 Å². The third-order valence-corrected chi connectivity index (χ3v) is 3.35. The van der Waals surface area contributed by atoms with Gasteiger partial charge >= 0.3 is 0 Å². The maximum Gasteiger partial charge on any atom is 0.266 e. The fourth-order valence-electron chi connectivity index (χ4n) is 1.65. The van der Waals surface area contributed by atoms with Gasteiger partial charge in [0.2, 0.25) is 5.91 Å². The molecular weight excluding hydrogens is 371 g/mol. The number of benzene rings is 1. The Bertz CT molecular complexity index is 684. The molecule has 1 aromatic heterocycles. The summed E-state index contributed by atoms with van der Waals surface area (Å²) in [7, 11) is 0. The first kappa shape index (κ1) is 14.5. The molecule has 1 heterocycles. The second-order valence-electron chi connectivity index (χ2n) is 4.16. The van der Waals surface area contributed by atoms with Gasteiger partial charge in [-0.2, -0.15) is 0 Å². The minimum absolute atomic E-state index is 0.141. The van der Waals surface area contributed by atoms with E-state index in [9.17, 15) is 9.59 Å². The smallest absolute Gasteiger partial charge is 0.266 e. The molecule has 0 aliphatic carbocycles. The fraction of sp³-hybridized carbons (Fsp3) is 0.154. The van der Waals surface area contributed by atoms with Crippen molar-refractivity contribution in [2.45, 2.75) is 13.0 Å². The summed E-state index contributed by atoms with van der Waals surface area (Å²) >= 11 is 1.92. The number of halogens is 1. The van der Waals surface area contributed by atoms with Crippen molar-refractivity contribution >= 4 is 39.9 Å². The Morgan fingerprint density at radius 1 is 1.45 bits per heavy atom. The molecule has 1 aromatic carbocycles. The van der Waals surface area contributed by atoms with Crippen LogP contribution in [0.1, 0.15) is 6.42 Å². The molecule has 0 saturated heterocycles. The minimum atomic E-state index is -0.179. The molecule has 0 fully saturated rings. The zero-order valence-corrected chi connectivity index (χ0v) is 12.7. The molecule has 20 heavy (non-hydrogen) atoms. The molecule has 0 bridgehead atoms. The highest BCUT2D eigenvalue weighted by Gasteiger charge is 2.05. The lowest BCUT2D eigenvalue weighted by atomic mass is 10.2. The summed E-state index contributed by atoms with van der Waals surface area (Å²) in [4.78, 5) is 27.5. The number of hydrogen-bond acceptors (Lipinski definition) is 4. The fourth-order valence-corrected chi connectivity index (χ4v) is 2.12. The Kier molecular flexibility index (Phi) is 4.72. The molecule has 0 aliphatic rings. The van der Waals surface area contributed by atoms with E-state index < -0.39 is 0 Å². The van der Waals surface area contributed by atoms with Gasteiger partial charge in [0.15, 0.2) is 0 Å². The number of aryl methyl sites for hydroxylation is 1. The van der Waals surface area contributed by atoms with Crippen LogP contribution in [-0.2, 0) is 11.3 Å². The molecule has 0 atom stereocenters. The highest BCUT2D eigenvalue weighted by molar-refractivity contribution is 14.1. The van der Waals surface area contributed by atoms with Gasteiger partial charge in [-0.15, -0.1) is 0 Å². The molecule has 6 nitrogen and oxygen atoms in total. The van der Waals surface area contributed by atoms with Crippen LogP contribution < -0.4 is 16.6 Å². The van der Waals surface area contributed by atoms with Crippen LogP contribution in [0.2, 0.25) is 0 Å². The number of carbonyl (C=O) groups is 1. The number of rotatable bonds is 4. The molecule has 0 unspecified atom stereocenters. The number of carbonyl (C=O) groups excluding carboxylic acids is 1. The predicted molar refractivity (Wildman–Crippen MR) is 85.3 cm³/mol. The van der Waals surface area contributed by atoms with Gasteiger partial charge in [0.1, 0.15) is 0 Å². The Morgan fingerprint density at radius 2 is 2.25 bits per heavy atom. The van der Waals surface area contributed by atoms with Crippen LogP contribution in [0, 0.1) is 3.57 Å². The van der Waals surface area contributed by atoms with Gasteiger partial charge in [-0.3, -0.25) is 14.2 Å². The number of nitrogens with zero attached hydrogens (tertiary/aromatic N) is 2. The average molecular weight is 384 g/mol. The molecule has 3 N–H and O–H groups in total. The number of nitrogens with two attached hydrogens (primary N) is 1. The second-order valence-corrected chi connectivity index (χ2v) is 5.33. The molecular formula is C13H13IN4O2. The second kappa shape index (κ2) is 6.51. The van der Waals surface area contributed by atoms with E-state index in [0.29, 0.717) is 14.9 Å². The van der Waals surface area contributed by atoms with Crippen LogP contribution in [0.3, 0.4) is 0 Å². The first-order chi connectivity index (χ1) is 9.56. The number of nitrogens with one attached hydrogen (secondary N) is 1. The van der Waals surface area contributed by atoms with Crippen molar-refractivity contribution in [3.8, 4) is 0 Å². The third-order valence-electron chi connectivity index (χ3n) is 2.61. The normalized spacial score (nSPS) is 10.2. The molecule has 0 aliphatic heterocycles. The van der Waals surface area contributed by atoms with E-state index in [2.05, 4.69) is 10.3 Å². The van der Waals surface area contributed by atoms with Crippen LogP contribution >= 0.6 is 22.6 Å². The van der Waals surface area contributed by atoms with E-state index in [1.807, 2.05) is 22.6 Å². The van der Waals surface area contributed by atoms with Crippen molar-refractivity contribution in [1.82, 2.24) is 9.55 Å². The lowest BCUT2D eigenvalue weighted by Gasteiger charge is -2.07. The Balaban J connectivity index is 1.96. The van der Waals surface area contributed by atoms with Crippen molar-refractivity contribution in [3.05, 3.63) is 50.7 Å². The largest absolute Gasteiger partial charge is 0.399 e. The summed E-state index contributed by atoms with van der Waals surface area (Å²) in [5.41, 5.74) is 6.71. The number of nitrogen functional groups attached to an aromatic ring is 1. The number of hydrogen-bond donors (Lipinski definition) is 2. The summed E-state index contributed by atoms with van der Waals surface area (Å²) in [6, 6.07) is 6.94. The van der Waals surface area contributed by atoms with Gasteiger partial charge < -0.3 is 11.1 Å². The number of aromatic nitrogens is 2. The Hall–Kier alpha value is -1.90. The maximum absolute atomic E-state index is 11.8. The third kappa shape index (κ3) is 3.80. The Labute approximate surface area is 129 Å². The molecule has 7 heteroatoms. The zero-order chi connectivity index (χ0) is 14.5. The SMILES string of the molecule is Nc1cccc(NC(=O)CCn2cncc(I)c2=O)c1. The summed E-state index contributed by atoms with van der Waals surface area (Å²) in [5, 5.41) is 2.73. The molecule has 1 amide bonds. The van der Waals surface area contributed by atoms with Crippen LogP contribution in [0.4, 0.5) is 11.4 Å². The molecule has 2 rings (SSSR count). The van der Waals surface area contributed by atoms with Gasteiger partial charge in [0.05, 0.1) is 9.90 Å². The first-order valence-electron chi connectivity index (χ1n) is 5.91. The molecule has 0 spiro atoms. The molecule has 2 aromatic rings. The number of anilines is 2. The molecule has 0 saturated carbocycles. The summed E-state index contributed by atoms with van der Waals surface area (Å²) in [5.74, 6) is -0.179. The van der Waals surface area contributed by atoms with E-state index in [4.69, 9.17) is 5.73 Å². The number of amides is 1. The van der Waals surface area contributed by atoms with Crippen molar-refractivity contribution < 1.29 is 4.79 Å². The van der Waals surface area contributed by atoms with E-state index in [-0.39, 0.29) is 24.4 Å². The quantitative estimate of drug-likeness (QED) is 0.617. The Morgan fingerprint density at radius 3 is 3.00 bits per heavy atom. The lowest BCUT2D eigenvalue weighted by Crippen LogP contribution is -2.25. The summed E-state index contributed by atoms with van der Waals surface area (Å²) < 4.78 is 1.95. The van der Waals surface area contributed by atoms with Gasteiger partial charge in [-0.1, -0.05) is 6.07 Å². The molecule has 104 valence electrons. The van der Waals surface area contributed by atoms with Crippen molar-refractivity contribution in [1.29, 1.82) is 0 Å². The van der Waals surface area contributed by atoms with Crippen molar-refractivity contribution in [2.24, 2.45) is 0 Å². The highest BCUT2D eigenvalue weighted by atomic mass is 127. The first-order valence-corrected chi connectivity index (χ1v) is 6.99. The van der Waals surface area contributed by atoms with E-state index in [1.54, 1.807) is 24.3 Å². The van der Waals surface area contributed by atoms with Crippen LogP contribution in [0.5, 0.6) is 0 Å². The van der Waals surface area contributed by atoms with E-state index in [0.717, 1.165) is 0 Å². The maximum atomic E-state index is 11.8. The average Bonchev–Trinajstić information content (AvgIpc) is 2.40. The van der Waals surface area contributed by atoms with E-state index in [1.165, 1.54) is 17.1 Å². The van der Waals surface area contributed by atoms with Crippen molar-refractivity contribution in [3.63, 3.8) is 0 Å². The zero-order valence-electron chi connectivity index (χ0n) is 10.5. The summed E-state index contributed by atoms with van der Waals surface area (Å²) in [6.07, 6.45) is 3.11. The molecule has 0 radical (unpaired) electrons. The lowest BCUT2D eigenvalue weighted by molar-refractivity contribution is -0.116. The van der Waals surface area contributed by atoms with Gasteiger partial charge in [0, 0.05) is 30.5 Å². The standard InChI is InChI=1S/C13H13IN4O2/c14-11-7-16-8-18(13(11)20)5-4-12(19)17-10-3-1-2-9(15)6-10/h1-3,6-8H,4-5,15H2,(H,17,19). The van der Waals surface area contributed by atoms with E-state index >= 15 is 0 Å². The van der Waals surface area contributed by atoms with Gasteiger partial charge in [-0.25, -0.2) is 4.98 Å². The summed E-state index contributed by atoms with van der Waals surface area (Å²) in [6.45, 7) is 0.289. The van der Waals surface area contributed by atoms with Crippen LogP contribution in [0.25, 0.3) is 0 Å². The van der Waals surface area contributed by atoms with Gasteiger partial charge in [-0.05, 0) is 40.8 Å². The van der Waals surface area contributed by atoms with Gasteiger partial charge in [0.25, 0.3) is 5.56 Å².